The second-order valence-electron chi connectivity index (χ2n) is 6.63. The lowest BCUT2D eigenvalue weighted by molar-refractivity contribution is -0.137. The molecular formula is C19H13F5N4O. The van der Waals surface area contributed by atoms with Gasteiger partial charge in [0, 0.05) is 17.7 Å². The Bertz CT molecular complexity index is 1060. The van der Waals surface area contributed by atoms with Gasteiger partial charge in [-0.2, -0.15) is 23.5 Å². The summed E-state index contributed by atoms with van der Waals surface area (Å²) in [5.74, 6) is -2.78. The van der Waals surface area contributed by atoms with Crippen LogP contribution < -0.4 is 10.7 Å². The van der Waals surface area contributed by atoms with Crippen LogP contribution in [0.25, 0.3) is 0 Å². The third kappa shape index (κ3) is 4.03. The Balaban J connectivity index is 1.78. The number of nitrogens with zero attached hydrogens (tertiary/aromatic N) is 2. The molecule has 1 atom stereocenters. The molecule has 1 heterocycles. The molecule has 0 saturated carbocycles. The zero-order valence-corrected chi connectivity index (χ0v) is 14.9. The van der Waals surface area contributed by atoms with E-state index in [0.717, 1.165) is 18.2 Å². The van der Waals surface area contributed by atoms with Crippen LogP contribution in [0.4, 0.5) is 27.6 Å². The normalized spacial score (nSPS) is 18.6. The van der Waals surface area contributed by atoms with Crippen molar-refractivity contribution in [2.24, 2.45) is 5.10 Å². The van der Waals surface area contributed by atoms with E-state index in [9.17, 15) is 26.7 Å². The number of halogens is 5. The fourth-order valence-electron chi connectivity index (χ4n) is 2.80. The Labute approximate surface area is 161 Å². The Morgan fingerprint density at radius 2 is 1.93 bits per heavy atom. The van der Waals surface area contributed by atoms with Crippen LogP contribution in [0.2, 0.25) is 0 Å². The topological polar surface area (TPSA) is 77.3 Å². The van der Waals surface area contributed by atoms with Gasteiger partial charge in [0.2, 0.25) is 0 Å². The molecule has 0 bridgehead atoms. The Kier molecular flexibility index (Phi) is 5.00. The van der Waals surface area contributed by atoms with Crippen LogP contribution in [0.3, 0.4) is 0 Å². The summed E-state index contributed by atoms with van der Waals surface area (Å²) >= 11 is 0. The van der Waals surface area contributed by atoms with Gasteiger partial charge in [0.1, 0.15) is 5.54 Å². The molecule has 3 rings (SSSR count). The molecule has 0 fully saturated rings. The summed E-state index contributed by atoms with van der Waals surface area (Å²) in [6.07, 6.45) is -4.77. The zero-order chi connectivity index (χ0) is 21.4. The number of nitrogens with one attached hydrogen (secondary N) is 2. The van der Waals surface area contributed by atoms with Crippen molar-refractivity contribution >= 4 is 17.3 Å². The van der Waals surface area contributed by atoms with Gasteiger partial charge in [-0.15, -0.1) is 0 Å². The number of hydrazone groups is 1. The molecule has 1 aliphatic heterocycles. The Morgan fingerprint density at radius 1 is 1.21 bits per heavy atom. The quantitative estimate of drug-likeness (QED) is 0.755. The summed E-state index contributed by atoms with van der Waals surface area (Å²) in [7, 11) is 0. The summed E-state index contributed by atoms with van der Waals surface area (Å²) in [6, 6.07) is 7.45. The largest absolute Gasteiger partial charge is 0.417 e. The lowest BCUT2D eigenvalue weighted by Crippen LogP contribution is -2.47. The first-order valence-corrected chi connectivity index (χ1v) is 8.25. The van der Waals surface area contributed by atoms with Crippen molar-refractivity contribution in [3.05, 3.63) is 64.7 Å². The first-order valence-electron chi connectivity index (χ1n) is 8.25. The van der Waals surface area contributed by atoms with Crippen LogP contribution in [0, 0.1) is 23.0 Å². The molecule has 0 spiro atoms. The molecule has 29 heavy (non-hydrogen) atoms. The van der Waals surface area contributed by atoms with E-state index in [0.29, 0.717) is 6.07 Å². The van der Waals surface area contributed by atoms with E-state index >= 15 is 0 Å². The zero-order valence-electron chi connectivity index (χ0n) is 14.9. The van der Waals surface area contributed by atoms with Gasteiger partial charge in [0.15, 0.2) is 11.6 Å². The van der Waals surface area contributed by atoms with E-state index in [1.54, 1.807) is 0 Å². The predicted octanol–water partition coefficient (Wildman–Crippen LogP) is 3.95. The van der Waals surface area contributed by atoms with Crippen LogP contribution in [-0.2, 0) is 11.0 Å². The molecule has 150 valence electrons. The maximum atomic E-state index is 13.4. The highest BCUT2D eigenvalue weighted by molar-refractivity contribution is 6.08. The number of hydrogen-bond acceptors (Lipinski definition) is 4. The van der Waals surface area contributed by atoms with E-state index in [2.05, 4.69) is 15.8 Å². The second kappa shape index (κ2) is 7.16. The number of rotatable bonds is 3. The first kappa shape index (κ1) is 20.3. The minimum absolute atomic E-state index is 0.00763. The number of hydrogen-bond donors (Lipinski definition) is 2. The van der Waals surface area contributed by atoms with Crippen molar-refractivity contribution in [2.75, 3.05) is 5.32 Å². The molecule has 0 aliphatic carbocycles. The number of nitriles is 1. The maximum absolute atomic E-state index is 13.4. The van der Waals surface area contributed by atoms with E-state index in [-0.39, 0.29) is 23.4 Å². The van der Waals surface area contributed by atoms with Gasteiger partial charge in [-0.1, -0.05) is 0 Å². The van der Waals surface area contributed by atoms with Crippen LogP contribution in [-0.4, -0.2) is 17.2 Å². The monoisotopic (exact) mass is 408 g/mol. The smallest absolute Gasteiger partial charge is 0.324 e. The van der Waals surface area contributed by atoms with Gasteiger partial charge in [-0.3, -0.25) is 10.2 Å². The number of carbonyl (C=O) groups is 1. The van der Waals surface area contributed by atoms with Crippen molar-refractivity contribution in [1.82, 2.24) is 5.43 Å². The maximum Gasteiger partial charge on any atom is 0.417 e. The molecule has 5 nitrogen and oxygen atoms in total. The van der Waals surface area contributed by atoms with E-state index in [1.807, 2.05) is 0 Å². The number of benzene rings is 2. The second-order valence-corrected chi connectivity index (χ2v) is 6.63. The van der Waals surface area contributed by atoms with Crippen molar-refractivity contribution < 1.29 is 26.7 Å². The molecule has 2 aromatic carbocycles. The summed E-state index contributed by atoms with van der Waals surface area (Å²) < 4.78 is 65.7. The molecule has 1 unspecified atom stereocenters. The summed E-state index contributed by atoms with van der Waals surface area (Å²) in [5.41, 5.74) is -0.0587. The highest BCUT2D eigenvalue weighted by atomic mass is 19.4. The lowest BCUT2D eigenvalue weighted by atomic mass is 9.92. The van der Waals surface area contributed by atoms with E-state index < -0.39 is 40.4 Å². The van der Waals surface area contributed by atoms with Crippen LogP contribution in [0.1, 0.15) is 30.0 Å². The highest BCUT2D eigenvalue weighted by Crippen LogP contribution is 2.34. The SMILES string of the molecule is CC1(C(=O)Nc2ccc(C#N)c(C(F)(F)F)c2)CC(c2ccc(F)c(F)c2)=NN1. The highest BCUT2D eigenvalue weighted by Gasteiger charge is 2.40. The number of alkyl halides is 3. The van der Waals surface area contributed by atoms with Crippen LogP contribution in [0.15, 0.2) is 41.5 Å². The average Bonchev–Trinajstić information content (AvgIpc) is 3.07. The third-order valence-electron chi connectivity index (χ3n) is 4.42. The molecular weight excluding hydrogens is 395 g/mol. The third-order valence-corrected chi connectivity index (χ3v) is 4.42. The summed E-state index contributed by atoms with van der Waals surface area (Å²) in [5, 5.41) is 15.2. The summed E-state index contributed by atoms with van der Waals surface area (Å²) in [6.45, 7) is 1.47. The van der Waals surface area contributed by atoms with E-state index in [1.165, 1.54) is 25.1 Å². The summed E-state index contributed by atoms with van der Waals surface area (Å²) in [4.78, 5) is 12.6. The number of amides is 1. The lowest BCUT2D eigenvalue weighted by Gasteiger charge is -2.23. The molecule has 0 aromatic heterocycles. The standard InChI is InChI=1S/C19H13F5N4O/c1-18(8-16(27-28-18)10-3-5-14(20)15(21)6-10)17(29)26-12-4-2-11(9-25)13(7-12)19(22,23)24/h2-7,28H,8H2,1H3,(H,26,29). The fraction of sp³-hybridized carbons (Fsp3) is 0.211. The molecule has 0 saturated heterocycles. The number of anilines is 1. The minimum Gasteiger partial charge on any atom is -0.324 e. The van der Waals surface area contributed by atoms with Crippen LogP contribution in [0.5, 0.6) is 0 Å². The van der Waals surface area contributed by atoms with Gasteiger partial charge in [-0.25, -0.2) is 8.78 Å². The van der Waals surface area contributed by atoms with Crippen molar-refractivity contribution in [3.63, 3.8) is 0 Å². The molecule has 1 amide bonds. The Morgan fingerprint density at radius 3 is 2.55 bits per heavy atom. The predicted molar refractivity (Wildman–Crippen MR) is 93.8 cm³/mol. The first-order chi connectivity index (χ1) is 13.5. The Hall–Kier alpha value is -3.48. The number of carbonyl (C=O) groups excluding carboxylic acids is 1. The molecule has 2 N–H and O–H groups in total. The molecule has 1 aliphatic rings. The molecule has 2 aromatic rings. The fourth-order valence-corrected chi connectivity index (χ4v) is 2.80. The van der Waals surface area contributed by atoms with Gasteiger partial charge < -0.3 is 5.32 Å². The average molecular weight is 408 g/mol. The van der Waals surface area contributed by atoms with E-state index in [4.69, 9.17) is 5.26 Å². The molecule has 10 heteroatoms. The minimum atomic E-state index is -4.76. The van der Waals surface area contributed by atoms with Crippen molar-refractivity contribution in [2.45, 2.75) is 25.1 Å². The van der Waals surface area contributed by atoms with Crippen molar-refractivity contribution in [3.8, 4) is 6.07 Å². The molecule has 0 radical (unpaired) electrons. The van der Waals surface area contributed by atoms with Gasteiger partial charge >= 0.3 is 6.18 Å². The van der Waals surface area contributed by atoms with Crippen LogP contribution >= 0.6 is 0 Å². The van der Waals surface area contributed by atoms with Crippen molar-refractivity contribution in [1.29, 1.82) is 5.26 Å². The van der Waals surface area contributed by atoms with Gasteiger partial charge in [-0.05, 0) is 43.3 Å². The van der Waals surface area contributed by atoms with Gasteiger partial charge in [0.05, 0.1) is 22.9 Å². The van der Waals surface area contributed by atoms with Gasteiger partial charge in [0.25, 0.3) is 5.91 Å².